The predicted octanol–water partition coefficient (Wildman–Crippen LogP) is 22.5. The van der Waals surface area contributed by atoms with Gasteiger partial charge in [0.1, 0.15) is 0 Å². The second-order valence-corrected chi connectivity index (χ2v) is 31.2. The van der Waals surface area contributed by atoms with Crippen LogP contribution in [0.5, 0.6) is 0 Å². The number of aromatic nitrogens is 2. The lowest BCUT2D eigenvalue weighted by atomic mass is 9.34. The molecule has 0 atom stereocenters. The Hall–Kier alpha value is -9.55. The summed E-state index contributed by atoms with van der Waals surface area (Å²) in [6.45, 7) is 27.9. The summed E-state index contributed by atoms with van der Waals surface area (Å²) in [4.78, 5) is 5.32. The number of hydrogen-bond acceptors (Lipinski definition) is 2. The second kappa shape index (κ2) is 21.5. The van der Waals surface area contributed by atoms with Crippen LogP contribution >= 0.6 is 11.8 Å². The summed E-state index contributed by atoms with van der Waals surface area (Å²) in [5.74, 6) is 0. The van der Waals surface area contributed by atoms with Gasteiger partial charge in [-0.25, -0.2) is 0 Å². The van der Waals surface area contributed by atoms with E-state index in [1.165, 1.54) is 159 Å². The van der Waals surface area contributed by atoms with Gasteiger partial charge in [0.2, 0.25) is 0 Å². The molecular formula is C88H78BN3S. The molecular weight excluding hydrogens is 1140 g/mol. The van der Waals surface area contributed by atoms with E-state index in [1.807, 2.05) is 11.8 Å². The lowest BCUT2D eigenvalue weighted by molar-refractivity contribution is 0.589. The lowest BCUT2D eigenvalue weighted by Crippen LogP contribution is -2.60. The maximum atomic E-state index is 2.72. The highest BCUT2D eigenvalue weighted by Gasteiger charge is 2.45. The highest BCUT2D eigenvalue weighted by atomic mass is 32.2. The molecule has 0 aliphatic carbocycles. The molecule has 0 N–H and O–H groups in total. The molecule has 0 bridgehead atoms. The Labute approximate surface area is 553 Å². The Morgan fingerprint density at radius 1 is 0.301 bits per heavy atom. The van der Waals surface area contributed by atoms with Gasteiger partial charge in [-0.15, -0.1) is 0 Å². The van der Waals surface area contributed by atoms with Crippen molar-refractivity contribution in [1.82, 2.24) is 9.13 Å². The molecule has 93 heavy (non-hydrogen) atoms. The van der Waals surface area contributed by atoms with E-state index in [0.717, 1.165) is 5.69 Å². The summed E-state index contributed by atoms with van der Waals surface area (Å²) in [7, 11) is 0. The summed E-state index contributed by atoms with van der Waals surface area (Å²) in [6, 6.07) is 97.8. The van der Waals surface area contributed by atoms with E-state index in [-0.39, 0.29) is 28.4 Å². The molecule has 0 saturated heterocycles. The summed E-state index contributed by atoms with van der Waals surface area (Å²) >= 11 is 1.96. The Balaban J connectivity index is 1.04. The number of nitrogens with zero attached hydrogens (tertiary/aromatic N) is 3. The molecule has 4 heterocycles. The summed E-state index contributed by atoms with van der Waals surface area (Å²) in [5.41, 5.74) is 29.1. The second-order valence-electron chi connectivity index (χ2n) is 30.1. The number of hydrogen-bond donors (Lipinski definition) is 0. The average Bonchev–Trinajstić information content (AvgIpc) is 1.67. The lowest BCUT2D eigenvalue weighted by Gasteiger charge is -2.43. The third-order valence-corrected chi connectivity index (χ3v) is 21.2. The van der Waals surface area contributed by atoms with E-state index in [4.69, 9.17) is 0 Å². The van der Waals surface area contributed by atoms with Gasteiger partial charge < -0.3 is 14.0 Å². The fourth-order valence-corrected chi connectivity index (χ4v) is 16.3. The van der Waals surface area contributed by atoms with Gasteiger partial charge in [-0.1, -0.05) is 283 Å². The molecule has 3 nitrogen and oxygen atoms in total. The van der Waals surface area contributed by atoms with Crippen molar-refractivity contribution in [3.63, 3.8) is 0 Å². The van der Waals surface area contributed by atoms with E-state index in [9.17, 15) is 0 Å². The molecule has 2 aromatic heterocycles. The van der Waals surface area contributed by atoms with Crippen LogP contribution in [0, 0.1) is 0 Å². The van der Waals surface area contributed by atoms with E-state index < -0.39 is 0 Å². The standard InChI is InChI=1S/C88H78BN3S/c1-85(2,3)59-42-38-57(39-43-59)64-33-25-34-65(58-40-44-60(45-41-58)86(4,5)6)83(64)91-74-37-24-21-32-68(74)80-75(91)48-49-78-82(80)89-71-47-46-63(90-72-35-22-19-30-66(72)67-31-20-23-36-73(67)90)54-76(71)92(77-52-62(88(10,11)12)53-79(93-78)81(77)89)84-69(55-26-15-13-16-27-55)50-61(87(7,8)9)51-70(84)56-28-17-14-18-29-56/h13-54H,1-12H3. The van der Waals surface area contributed by atoms with Crippen LogP contribution < -0.4 is 21.3 Å². The third kappa shape index (κ3) is 9.63. The smallest absolute Gasteiger partial charge is 0.250 e. The summed E-state index contributed by atoms with van der Waals surface area (Å²) in [5, 5.41) is 5.02. The highest BCUT2D eigenvalue weighted by molar-refractivity contribution is 8.00. The Morgan fingerprint density at radius 3 is 1.28 bits per heavy atom. The van der Waals surface area contributed by atoms with Crippen LogP contribution in [0.3, 0.4) is 0 Å². The molecule has 16 rings (SSSR count). The molecule has 5 heteroatoms. The van der Waals surface area contributed by atoms with E-state index in [1.54, 1.807) is 0 Å². The normalized spacial score (nSPS) is 13.3. The zero-order chi connectivity index (χ0) is 64.0. The Bertz CT molecular complexity index is 5120. The first-order valence-electron chi connectivity index (χ1n) is 33.2. The molecule has 454 valence electrons. The minimum Gasteiger partial charge on any atom is -0.310 e. The number of anilines is 3. The van der Waals surface area contributed by atoms with E-state index in [2.05, 4.69) is 352 Å². The van der Waals surface area contributed by atoms with Crippen LogP contribution in [0.25, 0.3) is 99.5 Å². The largest absolute Gasteiger partial charge is 0.310 e. The average molecular weight is 1220 g/mol. The van der Waals surface area contributed by atoms with Gasteiger partial charge in [0.25, 0.3) is 6.71 Å². The van der Waals surface area contributed by atoms with Gasteiger partial charge in [0, 0.05) is 70.7 Å². The van der Waals surface area contributed by atoms with Crippen molar-refractivity contribution in [3.8, 4) is 55.9 Å². The number of rotatable bonds is 7. The summed E-state index contributed by atoms with van der Waals surface area (Å²) < 4.78 is 5.14. The van der Waals surface area contributed by atoms with Crippen LogP contribution in [0.1, 0.15) is 105 Å². The van der Waals surface area contributed by atoms with Gasteiger partial charge in [-0.2, -0.15) is 0 Å². The first-order chi connectivity index (χ1) is 44.7. The number of fused-ring (bicyclic) bond motifs is 11. The van der Waals surface area contributed by atoms with Crippen molar-refractivity contribution in [2.24, 2.45) is 0 Å². The molecule has 0 spiro atoms. The van der Waals surface area contributed by atoms with Crippen molar-refractivity contribution in [3.05, 3.63) is 277 Å². The molecule has 0 radical (unpaired) electrons. The zero-order valence-corrected chi connectivity index (χ0v) is 56.4. The zero-order valence-electron chi connectivity index (χ0n) is 55.6. The van der Waals surface area contributed by atoms with E-state index in [0.29, 0.717) is 0 Å². The Morgan fingerprint density at radius 2 is 0.763 bits per heavy atom. The van der Waals surface area contributed by atoms with Gasteiger partial charge >= 0.3 is 0 Å². The number of benzene rings is 12. The van der Waals surface area contributed by atoms with Gasteiger partial charge in [-0.05, 0) is 149 Å². The first-order valence-corrected chi connectivity index (χ1v) is 34.0. The monoisotopic (exact) mass is 1220 g/mol. The van der Waals surface area contributed by atoms with Gasteiger partial charge in [-0.3, -0.25) is 0 Å². The van der Waals surface area contributed by atoms with Crippen molar-refractivity contribution in [2.75, 3.05) is 4.90 Å². The topological polar surface area (TPSA) is 13.1 Å². The maximum Gasteiger partial charge on any atom is 0.250 e. The molecule has 14 aromatic rings. The van der Waals surface area contributed by atoms with E-state index >= 15 is 0 Å². The number of para-hydroxylation sites is 4. The molecule has 2 aliphatic rings. The summed E-state index contributed by atoms with van der Waals surface area (Å²) in [6.07, 6.45) is 0. The Kier molecular flexibility index (Phi) is 13.5. The van der Waals surface area contributed by atoms with Crippen LogP contribution in [0.4, 0.5) is 17.1 Å². The van der Waals surface area contributed by atoms with Crippen molar-refractivity contribution in [2.45, 2.75) is 115 Å². The third-order valence-electron chi connectivity index (χ3n) is 20.0. The predicted molar refractivity (Wildman–Crippen MR) is 402 cm³/mol. The highest BCUT2D eigenvalue weighted by Crippen LogP contribution is 2.53. The van der Waals surface area contributed by atoms with Crippen molar-refractivity contribution in [1.29, 1.82) is 0 Å². The molecule has 2 aliphatic heterocycles. The van der Waals surface area contributed by atoms with Gasteiger partial charge in [0.15, 0.2) is 0 Å². The fraction of sp³-hybridized carbons (Fsp3) is 0.182. The fourth-order valence-electron chi connectivity index (χ4n) is 15.1. The van der Waals surface area contributed by atoms with Crippen molar-refractivity contribution >= 4 is 95.5 Å². The van der Waals surface area contributed by atoms with Crippen LogP contribution in [-0.2, 0) is 21.7 Å². The molecule has 0 saturated carbocycles. The maximum absolute atomic E-state index is 2.72. The molecule has 12 aromatic carbocycles. The van der Waals surface area contributed by atoms with Gasteiger partial charge in [0.05, 0.1) is 33.4 Å². The first kappa shape index (κ1) is 58.5. The minimum absolute atomic E-state index is 0.0152. The minimum atomic E-state index is -0.179. The van der Waals surface area contributed by atoms with Crippen LogP contribution in [0.2, 0.25) is 0 Å². The molecule has 0 unspecified atom stereocenters. The molecule has 0 fully saturated rings. The van der Waals surface area contributed by atoms with Crippen molar-refractivity contribution < 1.29 is 0 Å². The van der Waals surface area contributed by atoms with Crippen LogP contribution in [0.15, 0.2) is 265 Å². The van der Waals surface area contributed by atoms with Crippen LogP contribution in [-0.4, -0.2) is 15.8 Å². The quantitative estimate of drug-likeness (QED) is 0.148. The molecule has 0 amide bonds. The SMILES string of the molecule is CC(C)(C)c1ccc(-c2cccc(-c3ccc(C(C)(C)C)cc3)c2-n2c3ccccc3c3c4c(ccc32)Sc2cc(C(C)(C)C)cc3c2B4c2ccc(-n4c5ccccc5c5ccccc54)cc2N3c2c(-c3ccccc3)cc(C(C)(C)C)cc2-c2ccccc2)cc1.